The van der Waals surface area contributed by atoms with Crippen LogP contribution in [-0.4, -0.2) is 32.0 Å². The topological polar surface area (TPSA) is 26.0 Å². The fourth-order valence-electron chi connectivity index (χ4n) is 5.32. The summed E-state index contributed by atoms with van der Waals surface area (Å²) in [5.41, 5.74) is 1.32. The monoisotopic (exact) mass is 272 g/mol. The van der Waals surface area contributed by atoms with Crippen LogP contribution in [0.5, 0.6) is 0 Å². The Morgan fingerprint density at radius 2 is 1.30 bits per heavy atom. The normalized spacial score (nSPS) is 49.6. The van der Waals surface area contributed by atoms with Crippen molar-refractivity contribution in [2.24, 2.45) is 10.8 Å². The van der Waals surface area contributed by atoms with Gasteiger partial charge in [0.05, 0.1) is 12.5 Å². The molecule has 20 heavy (non-hydrogen) atoms. The maximum Gasteiger partial charge on any atom is 0.246 e. The standard InChI is InChI=1S/C17H22N2O/c1-15-9-18-11-16(2,14(15)20)12-19(10-15)17(18,3)13-7-5-4-6-8-13/h4-8H,9-12H2,1-3H3/p+2. The summed E-state index contributed by atoms with van der Waals surface area (Å²) in [6.07, 6.45) is 0. The number of quaternary nitrogens is 2. The molecule has 0 aliphatic carbocycles. The fraction of sp³-hybridized carbons (Fsp3) is 0.588. The Bertz CT molecular complexity index is 540. The van der Waals surface area contributed by atoms with Crippen LogP contribution >= 0.6 is 0 Å². The van der Waals surface area contributed by atoms with E-state index in [4.69, 9.17) is 0 Å². The van der Waals surface area contributed by atoms with Crippen LogP contribution in [0.15, 0.2) is 30.3 Å². The first-order valence-electron chi connectivity index (χ1n) is 7.69. The van der Waals surface area contributed by atoms with Crippen molar-refractivity contribution in [1.29, 1.82) is 0 Å². The highest BCUT2D eigenvalue weighted by Gasteiger charge is 2.72. The minimum atomic E-state index is -0.107. The molecule has 0 saturated carbocycles. The highest BCUT2D eigenvalue weighted by molar-refractivity contribution is 5.91. The van der Waals surface area contributed by atoms with Crippen LogP contribution in [0.3, 0.4) is 0 Å². The molecule has 4 aliphatic heterocycles. The molecule has 4 aliphatic rings. The summed E-state index contributed by atoms with van der Waals surface area (Å²) in [6, 6.07) is 10.9. The van der Waals surface area contributed by atoms with Gasteiger partial charge >= 0.3 is 0 Å². The smallest absolute Gasteiger partial charge is 0.246 e. The number of carbonyl (C=O) groups is 1. The van der Waals surface area contributed by atoms with Gasteiger partial charge < -0.3 is 0 Å². The van der Waals surface area contributed by atoms with Gasteiger partial charge in [-0.2, -0.15) is 0 Å². The SMILES string of the molecule is CC12C[NH+]3CC(C)(C[NH+](C1)C3(C)c1ccccc1)C2=O. The van der Waals surface area contributed by atoms with Crippen LogP contribution < -0.4 is 9.80 Å². The third-order valence-corrected chi connectivity index (χ3v) is 6.28. The van der Waals surface area contributed by atoms with Crippen molar-refractivity contribution in [2.75, 3.05) is 26.2 Å². The van der Waals surface area contributed by atoms with Crippen LogP contribution in [0.25, 0.3) is 0 Å². The van der Waals surface area contributed by atoms with Gasteiger partial charge in [-0.05, 0) is 26.0 Å². The minimum Gasteiger partial charge on any atom is -0.297 e. The van der Waals surface area contributed by atoms with E-state index in [1.807, 2.05) is 0 Å². The number of Topliss-reactive ketones (excluding diaryl/α,β-unsaturated/α-hetero) is 1. The van der Waals surface area contributed by atoms with Crippen LogP contribution in [-0.2, 0) is 10.5 Å². The van der Waals surface area contributed by atoms with Crippen molar-refractivity contribution in [1.82, 2.24) is 0 Å². The van der Waals surface area contributed by atoms with E-state index in [-0.39, 0.29) is 16.5 Å². The molecule has 4 heterocycles. The second kappa shape index (κ2) is 3.52. The zero-order valence-electron chi connectivity index (χ0n) is 12.6. The summed E-state index contributed by atoms with van der Waals surface area (Å²) < 4.78 is 0. The molecule has 106 valence electrons. The molecule has 0 atom stereocenters. The van der Waals surface area contributed by atoms with E-state index in [1.54, 1.807) is 9.80 Å². The van der Waals surface area contributed by atoms with Crippen molar-refractivity contribution in [3.8, 4) is 0 Å². The maximum atomic E-state index is 12.7. The molecule has 0 aromatic heterocycles. The van der Waals surface area contributed by atoms with Crippen molar-refractivity contribution in [3.05, 3.63) is 35.9 Å². The number of rotatable bonds is 1. The number of benzene rings is 1. The second-order valence-electron chi connectivity index (χ2n) is 7.86. The summed E-state index contributed by atoms with van der Waals surface area (Å²) in [6.45, 7) is 10.8. The molecule has 1 aromatic carbocycles. The molecule has 1 aromatic rings. The zero-order chi connectivity index (χ0) is 14.2. The summed E-state index contributed by atoms with van der Waals surface area (Å²) in [7, 11) is 0. The average molecular weight is 272 g/mol. The molecular weight excluding hydrogens is 248 g/mol. The molecule has 3 heteroatoms. The summed E-state index contributed by atoms with van der Waals surface area (Å²) >= 11 is 0. The summed E-state index contributed by atoms with van der Waals surface area (Å²) in [5.74, 6) is 0.521. The molecule has 0 spiro atoms. The van der Waals surface area contributed by atoms with E-state index in [1.165, 1.54) is 5.56 Å². The van der Waals surface area contributed by atoms with Gasteiger partial charge in [-0.25, -0.2) is 0 Å². The lowest BCUT2D eigenvalue weighted by Gasteiger charge is -2.63. The van der Waals surface area contributed by atoms with E-state index in [0.717, 1.165) is 26.2 Å². The van der Waals surface area contributed by atoms with Crippen LogP contribution in [0.1, 0.15) is 26.3 Å². The summed E-state index contributed by atoms with van der Waals surface area (Å²) in [5, 5.41) is 0. The Morgan fingerprint density at radius 1 is 0.850 bits per heavy atom. The lowest BCUT2D eigenvalue weighted by atomic mass is 9.60. The molecule has 0 radical (unpaired) electrons. The fourth-order valence-corrected chi connectivity index (χ4v) is 5.32. The van der Waals surface area contributed by atoms with E-state index >= 15 is 0 Å². The van der Waals surface area contributed by atoms with Gasteiger partial charge in [0.1, 0.15) is 37.0 Å². The Hall–Kier alpha value is -1.19. The Balaban J connectivity index is 1.83. The highest BCUT2D eigenvalue weighted by atomic mass is 16.1. The first-order valence-corrected chi connectivity index (χ1v) is 7.69. The highest BCUT2D eigenvalue weighted by Crippen LogP contribution is 2.37. The molecule has 4 bridgehead atoms. The van der Waals surface area contributed by atoms with Gasteiger partial charge in [-0.15, -0.1) is 0 Å². The van der Waals surface area contributed by atoms with E-state index in [2.05, 4.69) is 51.1 Å². The van der Waals surface area contributed by atoms with Gasteiger partial charge in [0.2, 0.25) is 5.66 Å². The molecular formula is C17H24N2O+2. The van der Waals surface area contributed by atoms with Crippen molar-refractivity contribution >= 4 is 5.78 Å². The number of piperidine rings is 2. The van der Waals surface area contributed by atoms with Gasteiger partial charge in [0, 0.05) is 0 Å². The molecule has 5 rings (SSSR count). The number of nitrogens with one attached hydrogen (secondary N) is 2. The minimum absolute atomic E-state index is 0.107. The third kappa shape index (κ3) is 1.30. The lowest BCUT2D eigenvalue weighted by Crippen LogP contribution is -3.47. The van der Waals surface area contributed by atoms with Gasteiger partial charge in [0.25, 0.3) is 0 Å². The lowest BCUT2D eigenvalue weighted by molar-refractivity contribution is -1.21. The molecule has 0 amide bonds. The Kier molecular flexibility index (Phi) is 2.21. The number of ketones is 1. The predicted molar refractivity (Wildman–Crippen MR) is 76.4 cm³/mol. The third-order valence-electron chi connectivity index (χ3n) is 6.28. The molecule has 4 saturated heterocycles. The molecule has 2 N–H and O–H groups in total. The van der Waals surface area contributed by atoms with Gasteiger partial charge in [-0.3, -0.25) is 14.6 Å². The number of hydrogen-bond acceptors (Lipinski definition) is 1. The Morgan fingerprint density at radius 3 is 1.75 bits per heavy atom. The zero-order valence-corrected chi connectivity index (χ0v) is 12.6. The van der Waals surface area contributed by atoms with Crippen LogP contribution in [0, 0.1) is 10.8 Å². The number of carbonyl (C=O) groups excluding carboxylic acids is 1. The van der Waals surface area contributed by atoms with Gasteiger partial charge in [0.15, 0.2) is 5.78 Å². The van der Waals surface area contributed by atoms with E-state index in [0.29, 0.717) is 5.78 Å². The first-order chi connectivity index (χ1) is 9.38. The van der Waals surface area contributed by atoms with E-state index < -0.39 is 0 Å². The Labute approximate surface area is 120 Å². The average Bonchev–Trinajstić information content (AvgIpc) is 2.41. The van der Waals surface area contributed by atoms with Crippen LogP contribution in [0.4, 0.5) is 0 Å². The van der Waals surface area contributed by atoms with Crippen LogP contribution in [0.2, 0.25) is 0 Å². The van der Waals surface area contributed by atoms with Crippen molar-refractivity contribution in [2.45, 2.75) is 26.4 Å². The molecule has 3 nitrogen and oxygen atoms in total. The molecule has 4 fully saturated rings. The number of hydrogen-bond donors (Lipinski definition) is 2. The maximum absolute atomic E-state index is 12.7. The predicted octanol–water partition coefficient (Wildman–Crippen LogP) is -0.748. The van der Waals surface area contributed by atoms with Crippen molar-refractivity contribution < 1.29 is 14.6 Å². The molecule has 0 unspecified atom stereocenters. The first kappa shape index (κ1) is 12.5. The van der Waals surface area contributed by atoms with Crippen molar-refractivity contribution in [3.63, 3.8) is 0 Å². The van der Waals surface area contributed by atoms with Gasteiger partial charge in [-0.1, -0.05) is 18.2 Å². The van der Waals surface area contributed by atoms with E-state index in [9.17, 15) is 4.79 Å². The second-order valence-corrected chi connectivity index (χ2v) is 7.86. The summed E-state index contributed by atoms with van der Waals surface area (Å²) in [4.78, 5) is 15.9. The largest absolute Gasteiger partial charge is 0.297 e. The quantitative estimate of drug-likeness (QED) is 0.691.